The molecule has 5 heteroatoms. The largest absolute Gasteiger partial charge is 0.496 e. The molecule has 22 heavy (non-hydrogen) atoms. The van der Waals surface area contributed by atoms with Gasteiger partial charge in [0.05, 0.1) is 21.3 Å². The van der Waals surface area contributed by atoms with E-state index in [0.717, 1.165) is 24.3 Å². The fourth-order valence-electron chi connectivity index (χ4n) is 2.23. The van der Waals surface area contributed by atoms with Crippen molar-refractivity contribution in [2.24, 2.45) is 0 Å². The number of aromatic nitrogens is 1. The molecule has 0 unspecified atom stereocenters. The van der Waals surface area contributed by atoms with E-state index in [1.165, 1.54) is 5.56 Å². The number of rotatable bonds is 8. The predicted molar refractivity (Wildman–Crippen MR) is 85.7 cm³/mol. The summed E-state index contributed by atoms with van der Waals surface area (Å²) in [7, 11) is 4.90. The minimum atomic E-state index is 0.665. The second-order valence-corrected chi connectivity index (χ2v) is 4.81. The first-order chi connectivity index (χ1) is 10.8. The van der Waals surface area contributed by atoms with Crippen LogP contribution in [0.3, 0.4) is 0 Å². The second kappa shape index (κ2) is 8.24. The molecule has 0 bridgehead atoms. The summed E-state index contributed by atoms with van der Waals surface area (Å²) in [6.07, 6.45) is 4.60. The Morgan fingerprint density at radius 1 is 1.00 bits per heavy atom. The van der Waals surface area contributed by atoms with E-state index in [-0.39, 0.29) is 0 Å². The topological polar surface area (TPSA) is 52.6 Å². The summed E-state index contributed by atoms with van der Waals surface area (Å²) in [5.41, 5.74) is 2.25. The summed E-state index contributed by atoms with van der Waals surface area (Å²) < 4.78 is 16.0. The third kappa shape index (κ3) is 4.11. The molecule has 0 aliphatic rings. The Kier molecular flexibility index (Phi) is 6.03. The molecule has 1 heterocycles. The molecule has 0 saturated heterocycles. The number of pyridine rings is 1. The summed E-state index contributed by atoms with van der Waals surface area (Å²) >= 11 is 0. The number of hydrogen-bond donors (Lipinski definition) is 1. The van der Waals surface area contributed by atoms with Crippen molar-refractivity contribution in [1.82, 2.24) is 10.3 Å². The highest BCUT2D eigenvalue weighted by Crippen LogP contribution is 2.34. The molecular weight excluding hydrogens is 280 g/mol. The number of ether oxygens (including phenoxy) is 3. The molecule has 0 saturated carbocycles. The van der Waals surface area contributed by atoms with Gasteiger partial charge in [0.2, 0.25) is 0 Å². The van der Waals surface area contributed by atoms with Crippen molar-refractivity contribution in [3.05, 3.63) is 47.8 Å². The lowest BCUT2D eigenvalue weighted by Crippen LogP contribution is -2.17. The second-order valence-electron chi connectivity index (χ2n) is 4.81. The molecule has 1 aromatic heterocycles. The van der Waals surface area contributed by atoms with Gasteiger partial charge in [-0.2, -0.15) is 0 Å². The van der Waals surface area contributed by atoms with E-state index in [1.54, 1.807) is 27.5 Å². The molecule has 5 nitrogen and oxygen atoms in total. The Morgan fingerprint density at radius 2 is 1.73 bits per heavy atom. The fraction of sp³-hybridized carbons (Fsp3) is 0.353. The van der Waals surface area contributed by atoms with E-state index in [1.807, 2.05) is 24.4 Å². The van der Waals surface area contributed by atoms with Gasteiger partial charge >= 0.3 is 0 Å². The quantitative estimate of drug-likeness (QED) is 0.759. The maximum atomic E-state index is 5.42. The average Bonchev–Trinajstić information content (AvgIpc) is 2.58. The van der Waals surface area contributed by atoms with Gasteiger partial charge in [0.1, 0.15) is 5.75 Å². The van der Waals surface area contributed by atoms with Gasteiger partial charge in [-0.3, -0.25) is 4.98 Å². The Hall–Kier alpha value is -2.27. The van der Waals surface area contributed by atoms with Gasteiger partial charge < -0.3 is 19.5 Å². The molecule has 0 aliphatic heterocycles. The zero-order valence-corrected chi connectivity index (χ0v) is 13.3. The molecule has 2 aromatic rings. The van der Waals surface area contributed by atoms with Crippen molar-refractivity contribution < 1.29 is 14.2 Å². The maximum absolute atomic E-state index is 5.42. The highest BCUT2D eigenvalue weighted by molar-refractivity contribution is 5.50. The van der Waals surface area contributed by atoms with Crippen molar-refractivity contribution in [3.63, 3.8) is 0 Å². The van der Waals surface area contributed by atoms with Crippen molar-refractivity contribution in [2.75, 3.05) is 27.9 Å². The summed E-state index contributed by atoms with van der Waals surface area (Å²) in [4.78, 5) is 4.11. The van der Waals surface area contributed by atoms with Crippen LogP contribution in [0.2, 0.25) is 0 Å². The Bertz CT molecular complexity index is 588. The molecule has 0 fully saturated rings. The minimum Gasteiger partial charge on any atom is -0.496 e. The Morgan fingerprint density at radius 3 is 2.36 bits per heavy atom. The van der Waals surface area contributed by atoms with Crippen LogP contribution < -0.4 is 19.5 Å². The third-order valence-electron chi connectivity index (χ3n) is 3.42. The highest BCUT2D eigenvalue weighted by atomic mass is 16.5. The summed E-state index contributed by atoms with van der Waals surface area (Å²) in [6.45, 7) is 1.56. The monoisotopic (exact) mass is 302 g/mol. The number of methoxy groups -OCH3 is 3. The van der Waals surface area contributed by atoms with Crippen LogP contribution in [0.25, 0.3) is 0 Å². The van der Waals surface area contributed by atoms with Crippen LogP contribution >= 0.6 is 0 Å². The SMILES string of the molecule is COc1cc(OC)c(OC)cc1CNCCc1cccnc1. The first-order valence-corrected chi connectivity index (χ1v) is 7.17. The van der Waals surface area contributed by atoms with Gasteiger partial charge in [0, 0.05) is 30.6 Å². The molecule has 1 aromatic carbocycles. The molecule has 0 atom stereocenters. The van der Waals surface area contributed by atoms with Gasteiger partial charge in [-0.1, -0.05) is 6.07 Å². The van der Waals surface area contributed by atoms with E-state index in [4.69, 9.17) is 14.2 Å². The molecule has 1 N–H and O–H groups in total. The number of nitrogens with one attached hydrogen (secondary N) is 1. The average molecular weight is 302 g/mol. The highest BCUT2D eigenvalue weighted by Gasteiger charge is 2.11. The normalized spacial score (nSPS) is 10.3. The molecule has 2 rings (SSSR count). The van der Waals surface area contributed by atoms with Crippen LogP contribution in [0, 0.1) is 0 Å². The Balaban J connectivity index is 1.96. The molecule has 0 radical (unpaired) electrons. The van der Waals surface area contributed by atoms with Crippen LogP contribution in [-0.4, -0.2) is 32.9 Å². The van der Waals surface area contributed by atoms with E-state index >= 15 is 0 Å². The van der Waals surface area contributed by atoms with E-state index in [9.17, 15) is 0 Å². The van der Waals surface area contributed by atoms with Crippen molar-refractivity contribution in [3.8, 4) is 17.2 Å². The van der Waals surface area contributed by atoms with E-state index < -0.39 is 0 Å². The zero-order valence-electron chi connectivity index (χ0n) is 13.3. The lowest BCUT2D eigenvalue weighted by atomic mass is 10.1. The molecule has 0 spiro atoms. The van der Waals surface area contributed by atoms with Crippen LogP contribution in [0.5, 0.6) is 17.2 Å². The van der Waals surface area contributed by atoms with Crippen LogP contribution in [0.15, 0.2) is 36.7 Å². The van der Waals surface area contributed by atoms with Gasteiger partial charge in [-0.25, -0.2) is 0 Å². The summed E-state index contributed by atoms with van der Waals surface area (Å²) in [5, 5.41) is 3.41. The van der Waals surface area contributed by atoms with Crippen molar-refractivity contribution in [2.45, 2.75) is 13.0 Å². The first-order valence-electron chi connectivity index (χ1n) is 7.17. The van der Waals surface area contributed by atoms with Gasteiger partial charge in [0.25, 0.3) is 0 Å². The minimum absolute atomic E-state index is 0.665. The molecule has 118 valence electrons. The fourth-order valence-corrected chi connectivity index (χ4v) is 2.23. The lowest BCUT2D eigenvalue weighted by Gasteiger charge is -2.14. The standard InChI is InChI=1S/C17H22N2O3/c1-20-15-10-17(22-3)16(21-2)9-14(15)12-19-8-6-13-5-4-7-18-11-13/h4-5,7,9-11,19H,6,8,12H2,1-3H3. The molecule has 0 aliphatic carbocycles. The van der Waals surface area contributed by atoms with Crippen molar-refractivity contribution in [1.29, 1.82) is 0 Å². The van der Waals surface area contributed by atoms with Gasteiger partial charge in [0.15, 0.2) is 11.5 Å². The lowest BCUT2D eigenvalue weighted by molar-refractivity contribution is 0.347. The number of nitrogens with zero attached hydrogens (tertiary/aromatic N) is 1. The Labute approximate surface area is 131 Å². The maximum Gasteiger partial charge on any atom is 0.164 e. The van der Waals surface area contributed by atoms with Crippen LogP contribution in [0.1, 0.15) is 11.1 Å². The summed E-state index contributed by atoms with van der Waals surface area (Å²) in [5.74, 6) is 2.15. The van der Waals surface area contributed by atoms with E-state index in [2.05, 4.69) is 16.4 Å². The number of benzene rings is 1. The summed E-state index contributed by atoms with van der Waals surface area (Å²) in [6, 6.07) is 7.81. The third-order valence-corrected chi connectivity index (χ3v) is 3.42. The molecular formula is C17H22N2O3. The number of hydrogen-bond acceptors (Lipinski definition) is 5. The predicted octanol–water partition coefficient (Wildman–Crippen LogP) is 2.44. The first kappa shape index (κ1) is 16.1. The molecule has 0 amide bonds. The van der Waals surface area contributed by atoms with Gasteiger partial charge in [-0.05, 0) is 30.7 Å². The van der Waals surface area contributed by atoms with E-state index in [0.29, 0.717) is 18.0 Å². The van der Waals surface area contributed by atoms with Crippen LogP contribution in [-0.2, 0) is 13.0 Å². The zero-order chi connectivity index (χ0) is 15.8. The van der Waals surface area contributed by atoms with Gasteiger partial charge in [-0.15, -0.1) is 0 Å². The van der Waals surface area contributed by atoms with Crippen molar-refractivity contribution >= 4 is 0 Å². The smallest absolute Gasteiger partial charge is 0.164 e. The van der Waals surface area contributed by atoms with Crippen LogP contribution in [0.4, 0.5) is 0 Å².